The quantitative estimate of drug-likeness (QED) is 0.224. The molecule has 1 N–H and O–H groups in total. The van der Waals surface area contributed by atoms with Gasteiger partial charge >= 0.3 is 5.97 Å². The molecule has 1 unspecified atom stereocenters. The van der Waals surface area contributed by atoms with Crippen LogP contribution in [0.3, 0.4) is 0 Å². The van der Waals surface area contributed by atoms with Gasteiger partial charge in [-0.05, 0) is 54.2 Å². The molecule has 1 aliphatic carbocycles. The Balaban J connectivity index is 0.00000205. The van der Waals surface area contributed by atoms with E-state index in [4.69, 9.17) is 16.3 Å². The summed E-state index contributed by atoms with van der Waals surface area (Å²) >= 11 is 7.38. The van der Waals surface area contributed by atoms with Gasteiger partial charge in [0.1, 0.15) is 11.6 Å². The Hall–Kier alpha value is -2.62. The van der Waals surface area contributed by atoms with Crippen LogP contribution in [-0.4, -0.2) is 58.6 Å². The van der Waals surface area contributed by atoms with Gasteiger partial charge in [0.05, 0.1) is 18.6 Å². The number of imide groups is 1. The number of rotatable bonds is 13. The number of ether oxygens (including phenoxy) is 1. The van der Waals surface area contributed by atoms with Gasteiger partial charge in [0.2, 0.25) is 11.8 Å². The summed E-state index contributed by atoms with van der Waals surface area (Å²) in [6.07, 6.45) is 2.58. The minimum atomic E-state index is -0.958. The van der Waals surface area contributed by atoms with Gasteiger partial charge in [0, 0.05) is 49.2 Å². The molecule has 0 aromatic heterocycles. The molecule has 4 rings (SSSR count). The molecule has 0 radical (unpaired) electrons. The number of likely N-dealkylation sites (tertiary alicyclic amines) is 1. The SMILES string of the molecule is CC.COc1cc(CN(CC2CC2)C(CC(=O)O)c2ccc(Cl)c(F)c2)ccc1SCCN1C(=O)CCC1=O. The maximum absolute atomic E-state index is 14.3. The number of methoxy groups -OCH3 is 1. The van der Waals surface area contributed by atoms with E-state index in [0.717, 1.165) is 23.3 Å². The minimum Gasteiger partial charge on any atom is -0.496 e. The second-order valence-corrected chi connectivity index (χ2v) is 11.0. The molecule has 10 heteroatoms. The molecule has 1 atom stereocenters. The number of amides is 2. The van der Waals surface area contributed by atoms with Crippen molar-refractivity contribution in [3.8, 4) is 5.75 Å². The van der Waals surface area contributed by atoms with Gasteiger partial charge in [0.15, 0.2) is 0 Å². The largest absolute Gasteiger partial charge is 0.496 e. The van der Waals surface area contributed by atoms with Crippen LogP contribution in [0.15, 0.2) is 41.3 Å². The maximum Gasteiger partial charge on any atom is 0.305 e. The standard InChI is InChI=1S/C27H30ClFN2O5S.C2H6/c1-36-23-12-18(4-7-24(23)37-11-10-31-25(32)8-9-26(31)33)16-30(15-17-2-3-17)22(14-27(34)35)19-5-6-20(28)21(29)13-19;1-2/h4-7,12-13,17,22H,2-3,8-11,14-16H2,1H3,(H,34,35);1-2H3. The zero-order chi connectivity index (χ0) is 28.5. The van der Waals surface area contributed by atoms with Crippen LogP contribution >= 0.6 is 23.4 Å². The Labute approximate surface area is 238 Å². The normalized spacial score (nSPS) is 15.8. The molecule has 0 spiro atoms. The molecule has 2 amide bonds. The summed E-state index contributed by atoms with van der Waals surface area (Å²) in [5.74, 6) is -0.0624. The second-order valence-electron chi connectivity index (χ2n) is 9.43. The number of carbonyl (C=O) groups is 3. The van der Waals surface area contributed by atoms with E-state index in [1.54, 1.807) is 13.2 Å². The van der Waals surface area contributed by atoms with E-state index in [1.807, 2.05) is 32.0 Å². The number of carboxylic acid groups (broad SMARTS) is 1. The highest BCUT2D eigenvalue weighted by Gasteiger charge is 2.31. The Kier molecular flexibility index (Phi) is 11.6. The number of halogens is 2. The molecule has 2 aromatic carbocycles. The molecule has 1 heterocycles. The molecule has 2 aromatic rings. The fraction of sp³-hybridized carbons (Fsp3) is 0.483. The minimum absolute atomic E-state index is 0.00264. The zero-order valence-corrected chi connectivity index (χ0v) is 24.2. The molecule has 1 saturated carbocycles. The lowest BCUT2D eigenvalue weighted by Crippen LogP contribution is -2.32. The van der Waals surface area contributed by atoms with Crippen LogP contribution in [0.2, 0.25) is 5.02 Å². The highest BCUT2D eigenvalue weighted by Crippen LogP contribution is 2.37. The molecule has 2 aliphatic rings. The molecule has 212 valence electrons. The Morgan fingerprint density at radius 2 is 1.87 bits per heavy atom. The van der Waals surface area contributed by atoms with Crippen molar-refractivity contribution in [1.82, 2.24) is 9.80 Å². The molecule has 39 heavy (non-hydrogen) atoms. The number of thioether (sulfide) groups is 1. The maximum atomic E-state index is 14.3. The van der Waals surface area contributed by atoms with Crippen molar-refractivity contribution in [2.24, 2.45) is 5.92 Å². The van der Waals surface area contributed by atoms with Crippen molar-refractivity contribution in [3.05, 3.63) is 58.4 Å². The average Bonchev–Trinajstić information content (AvgIpc) is 3.69. The van der Waals surface area contributed by atoms with Crippen LogP contribution < -0.4 is 4.74 Å². The number of aliphatic carboxylic acids is 1. The van der Waals surface area contributed by atoms with E-state index in [0.29, 0.717) is 42.6 Å². The highest BCUT2D eigenvalue weighted by molar-refractivity contribution is 7.99. The molecule has 0 bridgehead atoms. The summed E-state index contributed by atoms with van der Waals surface area (Å²) in [5, 5.41) is 9.63. The van der Waals surface area contributed by atoms with E-state index in [-0.39, 0.29) is 36.1 Å². The van der Waals surface area contributed by atoms with Crippen molar-refractivity contribution < 1.29 is 28.6 Å². The van der Waals surface area contributed by atoms with Crippen LogP contribution in [-0.2, 0) is 20.9 Å². The summed E-state index contributed by atoms with van der Waals surface area (Å²) in [6, 6.07) is 9.80. The van der Waals surface area contributed by atoms with Crippen LogP contribution in [0.25, 0.3) is 0 Å². The Morgan fingerprint density at radius 3 is 2.46 bits per heavy atom. The second kappa shape index (κ2) is 14.7. The van der Waals surface area contributed by atoms with Crippen molar-refractivity contribution in [2.75, 3.05) is 26.0 Å². The van der Waals surface area contributed by atoms with Gasteiger partial charge in [-0.3, -0.25) is 24.2 Å². The van der Waals surface area contributed by atoms with Crippen LogP contribution in [0.1, 0.15) is 63.1 Å². The number of nitrogens with zero attached hydrogens (tertiary/aromatic N) is 2. The van der Waals surface area contributed by atoms with E-state index >= 15 is 0 Å². The lowest BCUT2D eigenvalue weighted by atomic mass is 10.00. The van der Waals surface area contributed by atoms with Gasteiger partial charge in [-0.15, -0.1) is 11.8 Å². The van der Waals surface area contributed by atoms with E-state index in [1.165, 1.54) is 28.8 Å². The molecular formula is C29H36ClFN2O5S. The summed E-state index contributed by atoms with van der Waals surface area (Å²) < 4.78 is 19.9. The van der Waals surface area contributed by atoms with Crippen molar-refractivity contribution in [3.63, 3.8) is 0 Å². The fourth-order valence-electron chi connectivity index (χ4n) is 4.56. The first-order valence-corrected chi connectivity index (χ1v) is 14.6. The van der Waals surface area contributed by atoms with Crippen molar-refractivity contribution >= 4 is 41.1 Å². The van der Waals surface area contributed by atoms with Crippen LogP contribution in [0.5, 0.6) is 5.75 Å². The topological polar surface area (TPSA) is 87.2 Å². The lowest BCUT2D eigenvalue weighted by molar-refractivity contribution is -0.139. The van der Waals surface area contributed by atoms with Gasteiger partial charge in [0.25, 0.3) is 0 Å². The van der Waals surface area contributed by atoms with Crippen LogP contribution in [0.4, 0.5) is 4.39 Å². The Bertz CT molecular complexity index is 1160. The molecule has 7 nitrogen and oxygen atoms in total. The van der Waals surface area contributed by atoms with E-state index in [9.17, 15) is 23.9 Å². The summed E-state index contributed by atoms with van der Waals surface area (Å²) in [4.78, 5) is 39.7. The van der Waals surface area contributed by atoms with Crippen molar-refractivity contribution in [2.45, 2.75) is 63.4 Å². The fourth-order valence-corrected chi connectivity index (χ4v) is 5.62. The number of carboxylic acids is 1. The van der Waals surface area contributed by atoms with Crippen LogP contribution in [0, 0.1) is 11.7 Å². The van der Waals surface area contributed by atoms with Gasteiger partial charge in [-0.1, -0.05) is 37.6 Å². The molecule has 1 saturated heterocycles. The van der Waals surface area contributed by atoms with Gasteiger partial charge in [-0.25, -0.2) is 4.39 Å². The molecule has 2 fully saturated rings. The first-order valence-electron chi connectivity index (χ1n) is 13.3. The predicted molar refractivity (Wildman–Crippen MR) is 151 cm³/mol. The monoisotopic (exact) mass is 578 g/mol. The number of carbonyl (C=O) groups excluding carboxylic acids is 2. The molecular weight excluding hydrogens is 543 g/mol. The third-order valence-corrected chi connectivity index (χ3v) is 8.01. The number of hydrogen-bond acceptors (Lipinski definition) is 6. The first-order chi connectivity index (χ1) is 18.7. The summed E-state index contributed by atoms with van der Waals surface area (Å²) in [5.41, 5.74) is 1.52. The average molecular weight is 579 g/mol. The highest BCUT2D eigenvalue weighted by atomic mass is 35.5. The Morgan fingerprint density at radius 1 is 1.18 bits per heavy atom. The lowest BCUT2D eigenvalue weighted by Gasteiger charge is -2.32. The first kappa shape index (κ1) is 30.9. The number of hydrogen-bond donors (Lipinski definition) is 1. The predicted octanol–water partition coefficient (Wildman–Crippen LogP) is 6.18. The summed E-state index contributed by atoms with van der Waals surface area (Å²) in [7, 11) is 1.59. The third kappa shape index (κ3) is 8.68. The van der Waals surface area contributed by atoms with E-state index in [2.05, 4.69) is 4.90 Å². The zero-order valence-electron chi connectivity index (χ0n) is 22.6. The van der Waals surface area contributed by atoms with Crippen molar-refractivity contribution in [1.29, 1.82) is 0 Å². The van der Waals surface area contributed by atoms with E-state index < -0.39 is 17.8 Å². The smallest absolute Gasteiger partial charge is 0.305 e. The molecule has 1 aliphatic heterocycles. The van der Waals surface area contributed by atoms with Gasteiger partial charge < -0.3 is 9.84 Å². The third-order valence-electron chi connectivity index (χ3n) is 6.67. The van der Waals surface area contributed by atoms with Gasteiger partial charge in [-0.2, -0.15) is 0 Å². The summed E-state index contributed by atoms with van der Waals surface area (Å²) in [6.45, 7) is 5.53. The number of benzene rings is 2.